The normalized spacial score (nSPS) is 23.7. The van der Waals surface area contributed by atoms with Crippen LogP contribution >= 0.6 is 0 Å². The molecular weight excluding hydrogens is 224 g/mol. The van der Waals surface area contributed by atoms with Crippen molar-refractivity contribution in [2.24, 2.45) is 0 Å². The van der Waals surface area contributed by atoms with Gasteiger partial charge < -0.3 is 9.88 Å². The molecule has 0 saturated carbocycles. The molecule has 0 radical (unpaired) electrons. The molecule has 0 amide bonds. The predicted octanol–water partition coefficient (Wildman–Crippen LogP) is 0.785. The number of nitrogens with one attached hydrogen (secondary N) is 1. The van der Waals surface area contributed by atoms with Gasteiger partial charge in [-0.1, -0.05) is 0 Å². The fraction of sp³-hybridized carbons (Fsp3) is 0.636. The molecule has 16 heavy (non-hydrogen) atoms. The highest BCUT2D eigenvalue weighted by Crippen LogP contribution is 2.12. The molecule has 1 atom stereocenters. The number of aryl methyl sites for hydroxylation is 1. The van der Waals surface area contributed by atoms with Gasteiger partial charge in [0.05, 0.1) is 11.5 Å². The first-order chi connectivity index (χ1) is 7.59. The third kappa shape index (κ3) is 2.86. The molecule has 1 aromatic rings. The molecule has 90 valence electrons. The van der Waals surface area contributed by atoms with Crippen LogP contribution in [0.25, 0.3) is 0 Å². The van der Waals surface area contributed by atoms with Gasteiger partial charge in [-0.15, -0.1) is 0 Å². The quantitative estimate of drug-likeness (QED) is 0.849. The molecule has 1 aromatic heterocycles. The average molecular weight is 242 g/mol. The van der Waals surface area contributed by atoms with Crippen LogP contribution in [-0.4, -0.2) is 30.5 Å². The van der Waals surface area contributed by atoms with Crippen LogP contribution in [0.4, 0.5) is 0 Å². The molecule has 2 rings (SSSR count). The molecule has 1 unspecified atom stereocenters. The van der Waals surface area contributed by atoms with Gasteiger partial charge in [-0.05, 0) is 25.0 Å². The standard InChI is InChI=1S/C11H18N2O2S/c1-2-13-5-3-10(8-13)7-12-11-4-6-16(14,15)9-11/h3,5,8,11-12H,2,4,6-7,9H2,1H3. The van der Waals surface area contributed by atoms with Crippen LogP contribution in [0.5, 0.6) is 0 Å². The lowest BCUT2D eigenvalue weighted by atomic mass is 10.2. The first-order valence-corrected chi connectivity index (χ1v) is 7.49. The van der Waals surface area contributed by atoms with Crippen LogP contribution in [0.2, 0.25) is 0 Å². The van der Waals surface area contributed by atoms with Crippen LogP contribution in [0, 0.1) is 0 Å². The molecule has 1 aliphatic heterocycles. The number of hydrogen-bond donors (Lipinski definition) is 1. The van der Waals surface area contributed by atoms with Crippen molar-refractivity contribution in [3.63, 3.8) is 0 Å². The van der Waals surface area contributed by atoms with E-state index in [0.717, 1.165) is 19.5 Å². The third-order valence-corrected chi connectivity index (χ3v) is 4.77. The number of sulfone groups is 1. The SMILES string of the molecule is CCn1ccc(CNC2CCS(=O)(=O)C2)c1. The fourth-order valence-electron chi connectivity index (χ4n) is 2.01. The summed E-state index contributed by atoms with van der Waals surface area (Å²) >= 11 is 0. The molecule has 0 bridgehead atoms. The Morgan fingerprint density at radius 2 is 2.38 bits per heavy atom. The van der Waals surface area contributed by atoms with Crippen molar-refractivity contribution in [3.8, 4) is 0 Å². The molecule has 1 aliphatic rings. The summed E-state index contributed by atoms with van der Waals surface area (Å²) in [5.74, 6) is 0.627. The Hall–Kier alpha value is -0.810. The Morgan fingerprint density at radius 1 is 1.56 bits per heavy atom. The first kappa shape index (κ1) is 11.7. The summed E-state index contributed by atoms with van der Waals surface area (Å²) in [6, 6.07) is 2.20. The second kappa shape index (κ2) is 4.59. The van der Waals surface area contributed by atoms with Crippen molar-refractivity contribution in [1.29, 1.82) is 0 Å². The van der Waals surface area contributed by atoms with Crippen LogP contribution in [0.3, 0.4) is 0 Å². The molecule has 5 heteroatoms. The van der Waals surface area contributed by atoms with Crippen LogP contribution < -0.4 is 5.32 Å². The molecule has 0 aromatic carbocycles. The zero-order chi connectivity index (χ0) is 11.6. The van der Waals surface area contributed by atoms with Crippen molar-refractivity contribution in [3.05, 3.63) is 24.0 Å². The first-order valence-electron chi connectivity index (χ1n) is 5.67. The van der Waals surface area contributed by atoms with Gasteiger partial charge in [-0.3, -0.25) is 0 Å². The van der Waals surface area contributed by atoms with Crippen molar-refractivity contribution in [2.75, 3.05) is 11.5 Å². The molecule has 0 spiro atoms. The predicted molar refractivity (Wildman–Crippen MR) is 64.0 cm³/mol. The highest BCUT2D eigenvalue weighted by Gasteiger charge is 2.27. The minimum absolute atomic E-state index is 0.134. The molecule has 0 aliphatic carbocycles. The highest BCUT2D eigenvalue weighted by molar-refractivity contribution is 7.91. The molecule has 4 nitrogen and oxygen atoms in total. The van der Waals surface area contributed by atoms with Gasteiger partial charge in [0.25, 0.3) is 0 Å². The van der Waals surface area contributed by atoms with Gasteiger partial charge in [0.2, 0.25) is 0 Å². The smallest absolute Gasteiger partial charge is 0.151 e. The Morgan fingerprint density at radius 3 is 2.94 bits per heavy atom. The Balaban J connectivity index is 1.84. The summed E-state index contributed by atoms with van der Waals surface area (Å²) in [5, 5.41) is 3.30. The summed E-state index contributed by atoms with van der Waals surface area (Å²) < 4.78 is 24.6. The van der Waals surface area contributed by atoms with Crippen molar-refractivity contribution in [1.82, 2.24) is 9.88 Å². The maximum atomic E-state index is 11.3. The van der Waals surface area contributed by atoms with E-state index in [9.17, 15) is 8.42 Å². The van der Waals surface area contributed by atoms with Gasteiger partial charge in [0.15, 0.2) is 9.84 Å². The lowest BCUT2D eigenvalue weighted by Gasteiger charge is -2.09. The lowest BCUT2D eigenvalue weighted by Crippen LogP contribution is -2.29. The zero-order valence-corrected chi connectivity index (χ0v) is 10.3. The van der Waals surface area contributed by atoms with Crippen molar-refractivity contribution < 1.29 is 8.42 Å². The van der Waals surface area contributed by atoms with E-state index in [-0.39, 0.29) is 6.04 Å². The second-order valence-corrected chi connectivity index (χ2v) is 6.56. The van der Waals surface area contributed by atoms with E-state index in [1.807, 2.05) is 6.20 Å². The molecular formula is C11H18N2O2S. The maximum Gasteiger partial charge on any atom is 0.151 e. The van der Waals surface area contributed by atoms with E-state index >= 15 is 0 Å². The zero-order valence-electron chi connectivity index (χ0n) is 9.52. The van der Waals surface area contributed by atoms with Gasteiger partial charge in [0, 0.05) is 31.5 Å². The largest absolute Gasteiger partial charge is 0.354 e. The van der Waals surface area contributed by atoms with Gasteiger partial charge >= 0.3 is 0 Å². The average Bonchev–Trinajstić information content (AvgIpc) is 2.81. The monoisotopic (exact) mass is 242 g/mol. The van der Waals surface area contributed by atoms with E-state index < -0.39 is 9.84 Å². The van der Waals surface area contributed by atoms with E-state index in [2.05, 4.69) is 29.1 Å². The van der Waals surface area contributed by atoms with Crippen LogP contribution in [0.1, 0.15) is 18.9 Å². The van der Waals surface area contributed by atoms with E-state index in [4.69, 9.17) is 0 Å². The number of hydrogen-bond acceptors (Lipinski definition) is 3. The van der Waals surface area contributed by atoms with Crippen LogP contribution in [0.15, 0.2) is 18.5 Å². The molecule has 1 N–H and O–H groups in total. The van der Waals surface area contributed by atoms with E-state index in [0.29, 0.717) is 11.5 Å². The van der Waals surface area contributed by atoms with Crippen LogP contribution in [-0.2, 0) is 22.9 Å². The number of aromatic nitrogens is 1. The number of rotatable bonds is 4. The minimum Gasteiger partial charge on any atom is -0.354 e. The summed E-state index contributed by atoms with van der Waals surface area (Å²) in [5.41, 5.74) is 1.21. The van der Waals surface area contributed by atoms with E-state index in [1.165, 1.54) is 5.56 Å². The third-order valence-electron chi connectivity index (χ3n) is 3.00. The summed E-state index contributed by atoms with van der Waals surface area (Å²) in [4.78, 5) is 0. The summed E-state index contributed by atoms with van der Waals surface area (Å²) in [6.07, 6.45) is 4.88. The Labute approximate surface area is 96.6 Å². The summed E-state index contributed by atoms with van der Waals surface area (Å²) in [6.45, 7) is 3.83. The maximum absolute atomic E-state index is 11.3. The van der Waals surface area contributed by atoms with Gasteiger partial charge in [0.1, 0.15) is 0 Å². The Kier molecular flexibility index (Phi) is 3.35. The number of nitrogens with zero attached hydrogens (tertiary/aromatic N) is 1. The topological polar surface area (TPSA) is 51.1 Å². The lowest BCUT2D eigenvalue weighted by molar-refractivity contribution is 0.553. The molecule has 1 saturated heterocycles. The van der Waals surface area contributed by atoms with Crippen molar-refractivity contribution >= 4 is 9.84 Å². The van der Waals surface area contributed by atoms with E-state index in [1.54, 1.807) is 0 Å². The van der Waals surface area contributed by atoms with Gasteiger partial charge in [-0.25, -0.2) is 8.42 Å². The molecule has 2 heterocycles. The van der Waals surface area contributed by atoms with Crippen molar-refractivity contribution in [2.45, 2.75) is 32.5 Å². The second-order valence-electron chi connectivity index (χ2n) is 4.33. The van der Waals surface area contributed by atoms with Gasteiger partial charge in [-0.2, -0.15) is 0 Å². The summed E-state index contributed by atoms with van der Waals surface area (Å²) in [7, 11) is -2.77. The minimum atomic E-state index is -2.77. The highest BCUT2D eigenvalue weighted by atomic mass is 32.2. The fourth-order valence-corrected chi connectivity index (χ4v) is 3.72. The molecule has 1 fully saturated rings. The Bertz CT molecular complexity index is 450.